The summed E-state index contributed by atoms with van der Waals surface area (Å²) in [4.78, 5) is 20.2. The first-order chi connectivity index (χ1) is 16.0. The van der Waals surface area contributed by atoms with Crippen molar-refractivity contribution in [3.63, 3.8) is 0 Å². The van der Waals surface area contributed by atoms with Crippen LogP contribution < -0.4 is 0 Å². The number of hydrogen-bond acceptors (Lipinski definition) is 5. The summed E-state index contributed by atoms with van der Waals surface area (Å²) in [6, 6.07) is 8.88. The van der Waals surface area contributed by atoms with Crippen LogP contribution in [0.15, 0.2) is 54.1 Å². The molecule has 5 atom stereocenters. The Bertz CT molecular complexity index is 966. The van der Waals surface area contributed by atoms with Crippen molar-refractivity contribution in [2.75, 3.05) is 13.3 Å². The first-order valence-corrected chi connectivity index (χ1v) is 15.6. The number of hydrogen-bond donors (Lipinski definition) is 2. The van der Waals surface area contributed by atoms with E-state index < -0.39 is 15.8 Å². The Hall–Kier alpha value is -1.10. The summed E-state index contributed by atoms with van der Waals surface area (Å²) in [6.07, 6.45) is 9.00. The molecule has 0 radical (unpaired) electrons. The van der Waals surface area contributed by atoms with E-state index >= 15 is 0 Å². The lowest BCUT2D eigenvalue weighted by molar-refractivity contribution is 0.138. The van der Waals surface area contributed by atoms with Crippen molar-refractivity contribution in [3.8, 4) is 0 Å². The zero-order valence-electron chi connectivity index (χ0n) is 20.8. The average molecular weight is 510 g/mol. The van der Waals surface area contributed by atoms with E-state index in [4.69, 9.17) is 13.4 Å². The molecule has 0 spiro atoms. The number of rotatable bonds is 12. The zero-order valence-corrected chi connectivity index (χ0v) is 22.6. The third kappa shape index (κ3) is 7.70. The van der Waals surface area contributed by atoms with Gasteiger partial charge in [0, 0.05) is 0 Å². The molecule has 2 aliphatic rings. The molecule has 0 saturated heterocycles. The molecule has 6 nitrogen and oxygen atoms in total. The quantitative estimate of drug-likeness (QED) is 0.223. The van der Waals surface area contributed by atoms with Gasteiger partial charge in [0.15, 0.2) is 0 Å². The van der Waals surface area contributed by atoms with Crippen molar-refractivity contribution in [1.82, 2.24) is 0 Å². The van der Waals surface area contributed by atoms with Gasteiger partial charge in [0.05, 0.1) is 6.61 Å². The van der Waals surface area contributed by atoms with Crippen LogP contribution in [-0.2, 0) is 17.9 Å². The molecule has 1 saturated carbocycles. The highest BCUT2D eigenvalue weighted by Crippen LogP contribution is 2.67. The molecule has 4 unspecified atom stereocenters. The fourth-order valence-corrected chi connectivity index (χ4v) is 7.81. The van der Waals surface area contributed by atoms with Crippen LogP contribution in [0.3, 0.4) is 0 Å². The second-order valence-corrected chi connectivity index (χ2v) is 13.2. The fraction of sp³-hybridized carbons (Fsp3) is 0.538. The van der Waals surface area contributed by atoms with Crippen molar-refractivity contribution in [3.05, 3.63) is 65.3 Å². The second kappa shape index (κ2) is 11.8. The molecule has 188 valence electrons. The Labute approximate surface area is 204 Å². The van der Waals surface area contributed by atoms with E-state index in [1.807, 2.05) is 6.92 Å². The minimum absolute atomic E-state index is 0.0781. The first-order valence-electron chi connectivity index (χ1n) is 12.1. The third-order valence-electron chi connectivity index (χ3n) is 6.58. The number of phosphoric ester groups is 1. The maximum absolute atomic E-state index is 12.0. The highest BCUT2D eigenvalue weighted by atomic mass is 31.3. The molecule has 0 bridgehead atoms. The summed E-state index contributed by atoms with van der Waals surface area (Å²) in [6.45, 7) is 12.0. The van der Waals surface area contributed by atoms with Crippen LogP contribution >= 0.6 is 15.8 Å². The molecule has 0 aromatic heterocycles. The van der Waals surface area contributed by atoms with Crippen LogP contribution in [0.25, 0.3) is 5.57 Å². The summed E-state index contributed by atoms with van der Waals surface area (Å²) in [5.41, 5.74) is 6.51. The normalized spacial score (nSPS) is 24.8. The van der Waals surface area contributed by atoms with Gasteiger partial charge in [0.25, 0.3) is 0 Å². The van der Waals surface area contributed by atoms with Crippen molar-refractivity contribution in [1.29, 1.82) is 0 Å². The summed E-state index contributed by atoms with van der Waals surface area (Å²) >= 11 is 0. The molecular formula is C26H39O6P2+. The van der Waals surface area contributed by atoms with E-state index in [1.54, 1.807) is 0 Å². The molecule has 1 fully saturated rings. The molecule has 0 aliphatic heterocycles. The van der Waals surface area contributed by atoms with E-state index in [0.717, 1.165) is 32.1 Å². The minimum Gasteiger partial charge on any atom is -0.300 e. The Morgan fingerprint density at radius 3 is 2.62 bits per heavy atom. The van der Waals surface area contributed by atoms with Crippen LogP contribution in [0.1, 0.15) is 76.3 Å². The Morgan fingerprint density at radius 2 is 2.00 bits per heavy atom. The summed E-state index contributed by atoms with van der Waals surface area (Å²) in [7, 11) is -7.82. The molecule has 34 heavy (non-hydrogen) atoms. The predicted octanol–water partition coefficient (Wildman–Crippen LogP) is 7.58. The molecule has 1 aromatic carbocycles. The second-order valence-electron chi connectivity index (χ2n) is 9.58. The largest absolute Gasteiger partial charge is 0.510 e. The zero-order chi connectivity index (χ0) is 24.9. The van der Waals surface area contributed by atoms with Crippen molar-refractivity contribution >= 4 is 21.3 Å². The Kier molecular flexibility index (Phi) is 9.50. The van der Waals surface area contributed by atoms with Gasteiger partial charge in [-0.25, -0.2) is 4.57 Å². The first kappa shape index (κ1) is 27.5. The van der Waals surface area contributed by atoms with Gasteiger partial charge in [-0.3, -0.25) is 4.52 Å². The van der Waals surface area contributed by atoms with Gasteiger partial charge in [0.1, 0.15) is 12.8 Å². The van der Waals surface area contributed by atoms with Crippen molar-refractivity contribution in [2.45, 2.75) is 71.3 Å². The van der Waals surface area contributed by atoms with Crippen LogP contribution in [0.5, 0.6) is 0 Å². The van der Waals surface area contributed by atoms with Crippen LogP contribution in [0.4, 0.5) is 0 Å². The Balaban J connectivity index is 1.49. The van der Waals surface area contributed by atoms with Gasteiger partial charge in [0.2, 0.25) is 0 Å². The fourth-order valence-electron chi connectivity index (χ4n) is 4.78. The van der Waals surface area contributed by atoms with E-state index in [2.05, 4.69) is 56.8 Å². The topological polar surface area (TPSA) is 85.2 Å². The van der Waals surface area contributed by atoms with E-state index in [1.165, 1.54) is 34.5 Å². The van der Waals surface area contributed by atoms with Crippen LogP contribution in [0.2, 0.25) is 0 Å². The van der Waals surface area contributed by atoms with E-state index in [0.29, 0.717) is 18.3 Å². The molecular weight excluding hydrogens is 470 g/mol. The number of benzene rings is 1. The molecule has 3 rings (SSSR count). The maximum atomic E-state index is 12.0. The SMILES string of the molecule is C=C(CC(C)c1ccc(C2=C(C)C=CC2)cc1)[C@H]1CCC(O[P+](C)(O)OP(=O)(O)OCCC)C1. The standard InChI is InChI=1S/C26H38O6P2/c1-6-16-30-34(28,29)32-33(5,27)31-25-15-14-24(18-25)21(4)17-20(3)22-10-12-23(13-11-22)26-9-7-8-19(26)2/h7-8,10-13,20,24-25,27H,4,6,9,14-18H2,1-3,5H3/p+1/t20?,24-,25?,33?/m0/s1. The predicted molar refractivity (Wildman–Crippen MR) is 139 cm³/mol. The minimum atomic E-state index is -4.34. The molecule has 8 heteroatoms. The van der Waals surface area contributed by atoms with Gasteiger partial charge in [-0.05, 0) is 79.6 Å². The summed E-state index contributed by atoms with van der Waals surface area (Å²) in [5.74, 6) is 0.648. The highest BCUT2D eigenvalue weighted by Gasteiger charge is 2.48. The monoisotopic (exact) mass is 509 g/mol. The third-order valence-corrected chi connectivity index (χ3v) is 9.82. The highest BCUT2D eigenvalue weighted by molar-refractivity contribution is 7.68. The molecule has 0 heterocycles. The van der Waals surface area contributed by atoms with E-state index in [9.17, 15) is 14.4 Å². The average Bonchev–Trinajstić information content (AvgIpc) is 3.40. The van der Waals surface area contributed by atoms with Gasteiger partial charge in [-0.1, -0.05) is 66.7 Å². The van der Waals surface area contributed by atoms with Gasteiger partial charge < -0.3 is 4.89 Å². The molecule has 2 aliphatic carbocycles. The molecule has 0 amide bonds. The van der Waals surface area contributed by atoms with Gasteiger partial charge >= 0.3 is 15.8 Å². The van der Waals surface area contributed by atoms with Crippen LogP contribution in [-0.4, -0.2) is 29.2 Å². The Morgan fingerprint density at radius 1 is 1.29 bits per heavy atom. The summed E-state index contributed by atoms with van der Waals surface area (Å²) in [5, 5.41) is 0. The molecule has 1 aromatic rings. The van der Waals surface area contributed by atoms with Gasteiger partial charge in [-0.2, -0.15) is 9.42 Å². The summed E-state index contributed by atoms with van der Waals surface area (Å²) < 4.78 is 27.5. The lowest BCUT2D eigenvalue weighted by Crippen LogP contribution is -2.12. The van der Waals surface area contributed by atoms with Crippen molar-refractivity contribution in [2.24, 2.45) is 5.92 Å². The maximum Gasteiger partial charge on any atom is 0.510 e. The van der Waals surface area contributed by atoms with Gasteiger partial charge in [-0.15, -0.1) is 0 Å². The molecule has 2 N–H and O–H groups in total. The smallest absolute Gasteiger partial charge is 0.300 e. The van der Waals surface area contributed by atoms with Crippen LogP contribution in [0, 0.1) is 5.92 Å². The van der Waals surface area contributed by atoms with Crippen molar-refractivity contribution < 1.29 is 27.7 Å². The number of allylic oxidation sites excluding steroid dienone is 5. The lowest BCUT2D eigenvalue weighted by atomic mass is 9.87. The number of phosphoric acid groups is 1. The lowest BCUT2D eigenvalue weighted by Gasteiger charge is -2.20. The van der Waals surface area contributed by atoms with E-state index in [-0.39, 0.29) is 12.7 Å².